The maximum absolute atomic E-state index is 13.3. The van der Waals surface area contributed by atoms with Gasteiger partial charge in [-0.05, 0) is 66.4 Å². The zero-order chi connectivity index (χ0) is 22.5. The Labute approximate surface area is 188 Å². The summed E-state index contributed by atoms with van der Waals surface area (Å²) in [4.78, 5) is 18.1. The van der Waals surface area contributed by atoms with Crippen LogP contribution in [-0.2, 0) is 6.54 Å². The molecule has 0 aliphatic rings. The van der Waals surface area contributed by atoms with Crippen molar-refractivity contribution in [1.82, 2.24) is 9.55 Å². The molecule has 32 heavy (non-hydrogen) atoms. The summed E-state index contributed by atoms with van der Waals surface area (Å²) in [6, 6.07) is 23.2. The lowest BCUT2D eigenvalue weighted by Crippen LogP contribution is -2.26. The molecule has 5 nitrogen and oxygen atoms in total. The first-order chi connectivity index (χ1) is 15.6. The van der Waals surface area contributed by atoms with Crippen molar-refractivity contribution in [2.45, 2.75) is 32.7 Å². The van der Waals surface area contributed by atoms with Crippen molar-refractivity contribution in [3.8, 4) is 22.9 Å². The van der Waals surface area contributed by atoms with Crippen LogP contribution in [0.15, 0.2) is 77.6 Å². The first kappa shape index (κ1) is 21.6. The monoisotopic (exact) mass is 428 g/mol. The number of ether oxygens (including phenoxy) is 2. The van der Waals surface area contributed by atoms with Crippen LogP contribution in [0.4, 0.5) is 0 Å². The Bertz CT molecular complexity index is 1240. The largest absolute Gasteiger partial charge is 0.497 e. The highest BCUT2D eigenvalue weighted by atomic mass is 16.5. The van der Waals surface area contributed by atoms with Crippen molar-refractivity contribution in [3.05, 3.63) is 88.7 Å². The molecule has 0 N–H and O–H groups in total. The molecule has 0 aliphatic carbocycles. The topological polar surface area (TPSA) is 53.4 Å². The zero-order valence-corrected chi connectivity index (χ0v) is 18.7. The van der Waals surface area contributed by atoms with Gasteiger partial charge in [0.25, 0.3) is 5.56 Å². The molecule has 0 radical (unpaired) electrons. The molecule has 4 aromatic rings. The van der Waals surface area contributed by atoms with Gasteiger partial charge in [0.1, 0.15) is 23.9 Å². The van der Waals surface area contributed by atoms with Gasteiger partial charge >= 0.3 is 0 Å². The molecule has 0 spiro atoms. The average Bonchev–Trinajstić information content (AvgIpc) is 2.85. The molecule has 0 amide bonds. The van der Waals surface area contributed by atoms with Gasteiger partial charge < -0.3 is 9.47 Å². The third kappa shape index (κ3) is 4.52. The third-order valence-corrected chi connectivity index (χ3v) is 5.85. The van der Waals surface area contributed by atoms with E-state index in [0.29, 0.717) is 35.8 Å². The van der Waals surface area contributed by atoms with Gasteiger partial charge in [-0.15, -0.1) is 0 Å². The van der Waals surface area contributed by atoms with E-state index in [1.807, 2.05) is 60.7 Å². The smallest absolute Gasteiger partial charge is 0.261 e. The van der Waals surface area contributed by atoms with Crippen LogP contribution in [0.25, 0.3) is 22.3 Å². The van der Waals surface area contributed by atoms with E-state index >= 15 is 0 Å². The van der Waals surface area contributed by atoms with Gasteiger partial charge in [-0.1, -0.05) is 38.1 Å². The van der Waals surface area contributed by atoms with Gasteiger partial charge in [-0.2, -0.15) is 0 Å². The van der Waals surface area contributed by atoms with Crippen LogP contribution >= 0.6 is 0 Å². The molecule has 0 bridgehead atoms. The fourth-order valence-corrected chi connectivity index (χ4v) is 3.72. The van der Waals surface area contributed by atoms with Crippen molar-refractivity contribution in [1.29, 1.82) is 0 Å². The van der Waals surface area contributed by atoms with Crippen LogP contribution in [0.5, 0.6) is 11.5 Å². The minimum atomic E-state index is -0.0721. The summed E-state index contributed by atoms with van der Waals surface area (Å²) in [5.74, 6) is 2.70. The number of para-hydroxylation sites is 1. The van der Waals surface area contributed by atoms with Crippen molar-refractivity contribution in [2.24, 2.45) is 0 Å². The molecular weight excluding hydrogens is 400 g/mol. The Kier molecular flexibility index (Phi) is 6.55. The lowest BCUT2D eigenvalue weighted by Gasteiger charge is -2.15. The quantitative estimate of drug-likeness (QED) is 0.363. The summed E-state index contributed by atoms with van der Waals surface area (Å²) in [5, 5.41) is 0.600. The van der Waals surface area contributed by atoms with Crippen LogP contribution in [0.1, 0.15) is 31.7 Å². The van der Waals surface area contributed by atoms with Crippen LogP contribution in [0.3, 0.4) is 0 Å². The number of aromatic nitrogens is 2. The Balaban J connectivity index is 1.61. The second-order valence-corrected chi connectivity index (χ2v) is 7.86. The summed E-state index contributed by atoms with van der Waals surface area (Å²) in [6.07, 6.45) is 1.10. The van der Waals surface area contributed by atoms with Crippen molar-refractivity contribution >= 4 is 10.9 Å². The van der Waals surface area contributed by atoms with E-state index in [4.69, 9.17) is 14.5 Å². The average molecular weight is 429 g/mol. The number of rotatable bonds is 8. The zero-order valence-electron chi connectivity index (χ0n) is 18.7. The Morgan fingerprint density at radius 3 is 2.31 bits per heavy atom. The molecule has 4 rings (SSSR count). The van der Waals surface area contributed by atoms with E-state index in [9.17, 15) is 4.79 Å². The van der Waals surface area contributed by atoms with E-state index < -0.39 is 0 Å². The standard InChI is InChI=1S/C27H28N2O3/c1-4-19(2)20-9-15-23(16-10-20)32-18-17-29-26(21-11-13-22(31-3)14-12-21)28-25-8-6-5-7-24(25)27(29)30/h5-16,19H,4,17-18H2,1-3H3. The number of fused-ring (bicyclic) bond motifs is 1. The second kappa shape index (κ2) is 9.69. The van der Waals surface area contributed by atoms with Crippen molar-refractivity contribution < 1.29 is 9.47 Å². The molecule has 1 atom stereocenters. The number of hydrogen-bond donors (Lipinski definition) is 0. The van der Waals surface area contributed by atoms with Crippen LogP contribution in [-0.4, -0.2) is 23.3 Å². The SMILES string of the molecule is CCC(C)c1ccc(OCCn2c(-c3ccc(OC)cc3)nc3ccccc3c2=O)cc1. The third-order valence-electron chi connectivity index (χ3n) is 5.85. The molecule has 1 heterocycles. The number of benzene rings is 3. The van der Waals surface area contributed by atoms with E-state index in [1.165, 1.54) is 5.56 Å². The van der Waals surface area contributed by atoms with Gasteiger partial charge in [-0.25, -0.2) is 4.98 Å². The van der Waals surface area contributed by atoms with Gasteiger partial charge in [0.15, 0.2) is 0 Å². The van der Waals surface area contributed by atoms with Crippen LogP contribution in [0, 0.1) is 0 Å². The predicted molar refractivity (Wildman–Crippen MR) is 129 cm³/mol. The molecule has 3 aromatic carbocycles. The summed E-state index contributed by atoms with van der Waals surface area (Å²) in [7, 11) is 1.63. The molecule has 164 valence electrons. The highest BCUT2D eigenvalue weighted by Gasteiger charge is 2.13. The summed E-state index contributed by atoms with van der Waals surface area (Å²) in [5.41, 5.74) is 2.77. The van der Waals surface area contributed by atoms with Gasteiger partial charge in [0, 0.05) is 5.56 Å². The highest BCUT2D eigenvalue weighted by molar-refractivity contribution is 5.79. The summed E-state index contributed by atoms with van der Waals surface area (Å²) >= 11 is 0. The van der Waals surface area contributed by atoms with E-state index in [2.05, 4.69) is 26.0 Å². The lowest BCUT2D eigenvalue weighted by atomic mass is 9.99. The molecule has 0 saturated heterocycles. The Hall–Kier alpha value is -3.60. The molecule has 5 heteroatoms. The fourth-order valence-electron chi connectivity index (χ4n) is 3.72. The summed E-state index contributed by atoms with van der Waals surface area (Å²) in [6.45, 7) is 5.16. The first-order valence-corrected chi connectivity index (χ1v) is 11.0. The van der Waals surface area contributed by atoms with E-state index in [-0.39, 0.29) is 5.56 Å². The van der Waals surface area contributed by atoms with Crippen molar-refractivity contribution in [3.63, 3.8) is 0 Å². The maximum atomic E-state index is 13.3. The maximum Gasteiger partial charge on any atom is 0.261 e. The molecule has 0 saturated carbocycles. The number of nitrogens with zero attached hydrogens (tertiary/aromatic N) is 2. The number of methoxy groups -OCH3 is 1. The number of hydrogen-bond acceptors (Lipinski definition) is 4. The predicted octanol–water partition coefficient (Wildman–Crippen LogP) is 5.66. The van der Waals surface area contributed by atoms with Gasteiger partial charge in [0.2, 0.25) is 0 Å². The highest BCUT2D eigenvalue weighted by Crippen LogP contribution is 2.23. The summed E-state index contributed by atoms with van der Waals surface area (Å²) < 4.78 is 12.9. The van der Waals surface area contributed by atoms with Crippen LogP contribution in [0.2, 0.25) is 0 Å². The minimum absolute atomic E-state index is 0.0721. The van der Waals surface area contributed by atoms with Gasteiger partial charge in [-0.3, -0.25) is 9.36 Å². The van der Waals surface area contributed by atoms with Crippen LogP contribution < -0.4 is 15.0 Å². The molecule has 0 fully saturated rings. The van der Waals surface area contributed by atoms with Crippen molar-refractivity contribution in [2.75, 3.05) is 13.7 Å². The molecule has 1 unspecified atom stereocenters. The first-order valence-electron chi connectivity index (χ1n) is 11.0. The second-order valence-electron chi connectivity index (χ2n) is 7.86. The minimum Gasteiger partial charge on any atom is -0.497 e. The Morgan fingerprint density at radius 2 is 1.62 bits per heavy atom. The molecular formula is C27H28N2O3. The molecule has 1 aromatic heterocycles. The van der Waals surface area contributed by atoms with E-state index in [1.54, 1.807) is 11.7 Å². The van der Waals surface area contributed by atoms with Gasteiger partial charge in [0.05, 0.1) is 24.6 Å². The normalized spacial score (nSPS) is 12.0. The fraction of sp³-hybridized carbons (Fsp3) is 0.259. The molecule has 0 aliphatic heterocycles. The van der Waals surface area contributed by atoms with E-state index in [0.717, 1.165) is 23.5 Å². The lowest BCUT2D eigenvalue weighted by molar-refractivity contribution is 0.297. The Morgan fingerprint density at radius 1 is 0.938 bits per heavy atom.